The van der Waals surface area contributed by atoms with Crippen molar-refractivity contribution >= 4 is 11.9 Å². The van der Waals surface area contributed by atoms with Gasteiger partial charge in [-0.2, -0.15) is 0 Å². The number of unbranched alkanes of at least 4 members (excludes halogenated alkanes) is 51. The largest absolute Gasteiger partial charge is 0.466 e. The molecule has 3 N–H and O–H groups in total. The van der Waals surface area contributed by atoms with Crippen LogP contribution in [0.1, 0.15) is 399 Å². The van der Waals surface area contributed by atoms with Crippen LogP contribution in [0.4, 0.5) is 0 Å². The Morgan fingerprint density at radius 2 is 0.650 bits per heavy atom. The average molecular weight is 1120 g/mol. The van der Waals surface area contributed by atoms with Crippen LogP contribution in [0.3, 0.4) is 0 Å². The van der Waals surface area contributed by atoms with Crippen molar-refractivity contribution in [2.45, 2.75) is 411 Å². The first-order valence-corrected chi connectivity index (χ1v) is 36.2. The minimum atomic E-state index is -0.667. The third-order valence-electron chi connectivity index (χ3n) is 16.9. The molecule has 2 unspecified atom stereocenters. The van der Waals surface area contributed by atoms with Gasteiger partial charge in [0.25, 0.3) is 0 Å². The highest BCUT2D eigenvalue weighted by Gasteiger charge is 2.20. The molecule has 0 radical (unpaired) electrons. The number of esters is 1. The lowest BCUT2D eigenvalue weighted by Gasteiger charge is -2.22. The number of allylic oxidation sites excluding steroid dienone is 6. The fourth-order valence-electron chi connectivity index (χ4n) is 11.4. The molecule has 2 atom stereocenters. The lowest BCUT2D eigenvalue weighted by atomic mass is 10.0. The van der Waals surface area contributed by atoms with E-state index in [1.165, 1.54) is 315 Å². The molecule has 0 spiro atoms. The van der Waals surface area contributed by atoms with E-state index >= 15 is 0 Å². The molecule has 472 valence electrons. The second-order valence-electron chi connectivity index (χ2n) is 24.9. The van der Waals surface area contributed by atoms with Crippen molar-refractivity contribution < 1.29 is 24.5 Å². The summed E-state index contributed by atoms with van der Waals surface area (Å²) >= 11 is 0. The first-order chi connectivity index (χ1) is 39.5. The van der Waals surface area contributed by atoms with Crippen molar-refractivity contribution in [3.63, 3.8) is 0 Å². The number of aliphatic hydroxyl groups excluding tert-OH is 2. The summed E-state index contributed by atoms with van der Waals surface area (Å²) in [5, 5.41) is 23.4. The summed E-state index contributed by atoms with van der Waals surface area (Å²) < 4.78 is 5.47. The molecule has 0 heterocycles. The van der Waals surface area contributed by atoms with Crippen molar-refractivity contribution in [2.24, 2.45) is 0 Å². The zero-order valence-corrected chi connectivity index (χ0v) is 54.1. The molecule has 0 rings (SSSR count). The molecule has 0 aliphatic carbocycles. The molecular weight excluding hydrogens is 983 g/mol. The second kappa shape index (κ2) is 69.6. The van der Waals surface area contributed by atoms with E-state index in [2.05, 4.69) is 55.6 Å². The maximum atomic E-state index is 12.6. The number of aliphatic hydroxyl groups is 2. The Balaban J connectivity index is 3.39. The fraction of sp³-hybridized carbons (Fsp3) is 0.892. The quantitative estimate of drug-likeness (QED) is 0.0320. The van der Waals surface area contributed by atoms with Crippen LogP contribution in [0.5, 0.6) is 0 Å². The summed E-state index contributed by atoms with van der Waals surface area (Å²) in [6.07, 6.45) is 89.1. The molecule has 6 heteroatoms. The number of hydrogen-bond donors (Lipinski definition) is 3. The van der Waals surface area contributed by atoms with Crippen molar-refractivity contribution in [3.8, 4) is 0 Å². The first-order valence-electron chi connectivity index (χ1n) is 36.2. The van der Waals surface area contributed by atoms with E-state index < -0.39 is 12.1 Å². The van der Waals surface area contributed by atoms with Crippen LogP contribution in [-0.4, -0.2) is 47.4 Å². The molecule has 0 aromatic rings. The zero-order valence-electron chi connectivity index (χ0n) is 54.1. The van der Waals surface area contributed by atoms with Crippen molar-refractivity contribution in [1.82, 2.24) is 5.32 Å². The molecule has 0 aromatic heterocycles. The summed E-state index contributed by atoms with van der Waals surface area (Å²) in [7, 11) is 0. The molecule has 0 fully saturated rings. The number of hydrogen-bond acceptors (Lipinski definition) is 5. The smallest absolute Gasteiger partial charge is 0.305 e. The van der Waals surface area contributed by atoms with Gasteiger partial charge >= 0.3 is 5.97 Å². The Kier molecular flexibility index (Phi) is 67.9. The Hall–Kier alpha value is -1.92. The van der Waals surface area contributed by atoms with E-state index in [1.54, 1.807) is 0 Å². The van der Waals surface area contributed by atoms with Gasteiger partial charge in [0.15, 0.2) is 0 Å². The van der Waals surface area contributed by atoms with Crippen LogP contribution < -0.4 is 5.32 Å². The highest BCUT2D eigenvalue weighted by Crippen LogP contribution is 2.19. The first kappa shape index (κ1) is 78.1. The van der Waals surface area contributed by atoms with Crippen LogP contribution in [-0.2, 0) is 14.3 Å². The molecule has 1 amide bonds. The molecule has 0 bridgehead atoms. The highest BCUT2D eigenvalue weighted by atomic mass is 16.5. The lowest BCUT2D eigenvalue weighted by molar-refractivity contribution is -0.143. The monoisotopic (exact) mass is 1120 g/mol. The minimum Gasteiger partial charge on any atom is -0.466 e. The van der Waals surface area contributed by atoms with Crippen LogP contribution in [0.15, 0.2) is 36.5 Å². The number of amides is 1. The predicted molar refractivity (Wildman–Crippen MR) is 352 cm³/mol. The van der Waals surface area contributed by atoms with Gasteiger partial charge in [0, 0.05) is 12.8 Å². The summed E-state index contributed by atoms with van der Waals surface area (Å²) in [5.41, 5.74) is 0. The van der Waals surface area contributed by atoms with Crippen LogP contribution in [0.25, 0.3) is 0 Å². The van der Waals surface area contributed by atoms with E-state index in [9.17, 15) is 19.8 Å². The number of ether oxygens (including phenoxy) is 1. The van der Waals surface area contributed by atoms with Crippen molar-refractivity contribution in [3.05, 3.63) is 36.5 Å². The summed E-state index contributed by atoms with van der Waals surface area (Å²) in [5.74, 6) is -0.0312. The maximum Gasteiger partial charge on any atom is 0.305 e. The number of rotatable bonds is 68. The lowest BCUT2D eigenvalue weighted by Crippen LogP contribution is -2.45. The van der Waals surface area contributed by atoms with Gasteiger partial charge in [-0.1, -0.05) is 346 Å². The average Bonchev–Trinajstić information content (AvgIpc) is 3.46. The second-order valence-corrected chi connectivity index (χ2v) is 24.9. The van der Waals surface area contributed by atoms with Gasteiger partial charge in [0.1, 0.15) is 0 Å². The fourth-order valence-corrected chi connectivity index (χ4v) is 11.4. The molecule has 0 saturated carbocycles. The Morgan fingerprint density at radius 3 is 1.01 bits per heavy atom. The highest BCUT2D eigenvalue weighted by molar-refractivity contribution is 5.76. The molecule has 0 aliphatic heterocycles. The maximum absolute atomic E-state index is 12.6. The Morgan fingerprint density at radius 1 is 0.350 bits per heavy atom. The minimum absolute atomic E-state index is 0.000240. The van der Waals surface area contributed by atoms with Crippen LogP contribution in [0, 0.1) is 0 Å². The van der Waals surface area contributed by atoms with E-state index in [1.807, 2.05) is 0 Å². The Labute approximate surface area is 500 Å². The number of carbonyl (C=O) groups is 2. The zero-order chi connectivity index (χ0) is 57.8. The topological polar surface area (TPSA) is 95.9 Å². The molecule has 6 nitrogen and oxygen atoms in total. The SMILES string of the molecule is CCC/C=C\C/C=C\CCCCCCCC(=O)OCCCCCCCCCCCCCC/C=C\CCCCCCCCCCCCCC(=O)NC(CO)C(O)CCCCCCCCCCCCCCCCCCCCCCCCC. The Bertz CT molecular complexity index is 1300. The van der Waals surface area contributed by atoms with E-state index in [4.69, 9.17) is 4.74 Å². The molecule has 0 saturated heterocycles. The van der Waals surface area contributed by atoms with Gasteiger partial charge in [0.05, 0.1) is 25.4 Å². The third kappa shape index (κ3) is 65.2. The molecule has 80 heavy (non-hydrogen) atoms. The summed E-state index contributed by atoms with van der Waals surface area (Å²) in [6.45, 7) is 4.92. The van der Waals surface area contributed by atoms with Crippen LogP contribution >= 0.6 is 0 Å². The molecule has 0 aliphatic rings. The predicted octanol–water partition coefficient (Wildman–Crippen LogP) is 23.5. The molecular formula is C74H141NO5. The van der Waals surface area contributed by atoms with Gasteiger partial charge in [-0.25, -0.2) is 0 Å². The number of nitrogens with one attached hydrogen (secondary N) is 1. The third-order valence-corrected chi connectivity index (χ3v) is 16.9. The normalized spacial score (nSPS) is 12.7. The van der Waals surface area contributed by atoms with Crippen LogP contribution in [0.2, 0.25) is 0 Å². The van der Waals surface area contributed by atoms with Gasteiger partial charge in [-0.15, -0.1) is 0 Å². The van der Waals surface area contributed by atoms with Crippen molar-refractivity contribution in [1.29, 1.82) is 0 Å². The van der Waals surface area contributed by atoms with Gasteiger partial charge < -0.3 is 20.3 Å². The standard InChI is InChI=1S/C74H141NO5/c1-3-5-7-9-11-13-15-17-18-19-20-21-27-30-33-36-39-43-46-50-54-58-62-66-72(77)71(70-76)75-73(78)67-63-59-55-51-47-44-40-37-34-31-28-25-23-22-24-26-29-32-35-38-41-45-49-53-57-61-65-69-80-74(79)68-64-60-56-52-48-42-16-14-12-10-8-6-4-2/h8,10,14,16,22-23,71-72,76-77H,3-7,9,11-13,15,17-21,24-70H2,1-2H3,(H,75,78)/b10-8-,16-14-,23-22-. The van der Waals surface area contributed by atoms with E-state index in [0.717, 1.165) is 51.4 Å². The van der Waals surface area contributed by atoms with E-state index in [-0.39, 0.29) is 18.5 Å². The number of carbonyl (C=O) groups excluding carboxylic acids is 2. The van der Waals surface area contributed by atoms with E-state index in [0.29, 0.717) is 25.9 Å². The van der Waals surface area contributed by atoms with Gasteiger partial charge in [-0.05, 0) is 77.0 Å². The van der Waals surface area contributed by atoms with Gasteiger partial charge in [0.2, 0.25) is 5.91 Å². The summed E-state index contributed by atoms with van der Waals surface area (Å²) in [4.78, 5) is 24.6. The van der Waals surface area contributed by atoms with Crippen molar-refractivity contribution in [2.75, 3.05) is 13.2 Å². The molecule has 0 aromatic carbocycles. The van der Waals surface area contributed by atoms with Gasteiger partial charge in [-0.3, -0.25) is 9.59 Å². The summed E-state index contributed by atoms with van der Waals surface area (Å²) in [6, 6.07) is -0.544.